The number of phosphoric ester groups is 2. The summed E-state index contributed by atoms with van der Waals surface area (Å²) in [6.45, 7) is 7.30. The van der Waals surface area contributed by atoms with E-state index < -0.39 is 97.5 Å². The van der Waals surface area contributed by atoms with Crippen LogP contribution in [0.2, 0.25) is 0 Å². The van der Waals surface area contributed by atoms with Crippen molar-refractivity contribution in [2.24, 2.45) is 5.92 Å². The third-order valence-electron chi connectivity index (χ3n) is 17.5. The fraction of sp³-hybridized carbons (Fsp3) is 0.947. The maximum atomic E-state index is 13.1. The second-order valence-corrected chi connectivity index (χ2v) is 30.4. The molecule has 0 aromatic rings. The number of ether oxygens (including phenoxy) is 4. The van der Waals surface area contributed by atoms with Gasteiger partial charge in [-0.15, -0.1) is 0 Å². The largest absolute Gasteiger partial charge is 0.472 e. The molecule has 0 radical (unpaired) electrons. The van der Waals surface area contributed by atoms with E-state index in [9.17, 15) is 43.2 Å². The van der Waals surface area contributed by atoms with E-state index in [1.165, 1.54) is 218 Å². The molecule has 2 unspecified atom stereocenters. The Morgan fingerprint density at radius 3 is 0.723 bits per heavy atom. The van der Waals surface area contributed by atoms with Crippen LogP contribution in [0.5, 0.6) is 0 Å². The summed E-state index contributed by atoms with van der Waals surface area (Å²) in [7, 11) is -9.90. The van der Waals surface area contributed by atoms with Crippen molar-refractivity contribution in [2.45, 2.75) is 412 Å². The van der Waals surface area contributed by atoms with Crippen LogP contribution in [0.4, 0.5) is 0 Å². The van der Waals surface area contributed by atoms with Crippen LogP contribution in [-0.4, -0.2) is 96.7 Å². The van der Waals surface area contributed by atoms with Crippen molar-refractivity contribution in [1.29, 1.82) is 0 Å². The number of hydrogen-bond acceptors (Lipinski definition) is 15. The summed E-state index contributed by atoms with van der Waals surface area (Å²) >= 11 is 0. The second-order valence-electron chi connectivity index (χ2n) is 27.5. The van der Waals surface area contributed by atoms with Gasteiger partial charge in [-0.3, -0.25) is 37.3 Å². The molecule has 0 rings (SSSR count). The van der Waals surface area contributed by atoms with Crippen molar-refractivity contribution in [2.75, 3.05) is 39.6 Å². The van der Waals surface area contributed by atoms with Crippen molar-refractivity contribution in [3.63, 3.8) is 0 Å². The highest BCUT2D eigenvalue weighted by atomic mass is 31.2. The highest BCUT2D eigenvalue weighted by Crippen LogP contribution is 2.45. The lowest BCUT2D eigenvalue weighted by molar-refractivity contribution is -0.161. The molecule has 0 fully saturated rings. The molecule has 0 amide bonds. The van der Waals surface area contributed by atoms with Gasteiger partial charge in [-0.25, -0.2) is 9.13 Å². The average Bonchev–Trinajstić information content (AvgIpc) is 1.18. The molecular weight excluding hydrogens is 1230 g/mol. The van der Waals surface area contributed by atoms with Crippen molar-refractivity contribution >= 4 is 39.5 Å². The van der Waals surface area contributed by atoms with Gasteiger partial charge in [-0.1, -0.05) is 343 Å². The van der Waals surface area contributed by atoms with E-state index >= 15 is 0 Å². The van der Waals surface area contributed by atoms with E-state index in [4.69, 9.17) is 37.0 Å². The Labute approximate surface area is 575 Å². The fourth-order valence-electron chi connectivity index (χ4n) is 11.5. The lowest BCUT2D eigenvalue weighted by Gasteiger charge is -2.21. The number of rotatable bonds is 75. The maximum absolute atomic E-state index is 13.1. The van der Waals surface area contributed by atoms with Crippen molar-refractivity contribution in [3.05, 3.63) is 0 Å². The second kappa shape index (κ2) is 68.2. The third kappa shape index (κ3) is 68.6. The number of hydrogen-bond donors (Lipinski definition) is 3. The average molecular weight is 1380 g/mol. The Morgan fingerprint density at radius 2 is 0.489 bits per heavy atom. The normalized spacial score (nSPS) is 14.0. The first-order valence-corrected chi connectivity index (χ1v) is 42.1. The van der Waals surface area contributed by atoms with Gasteiger partial charge >= 0.3 is 39.5 Å². The first-order valence-electron chi connectivity index (χ1n) is 39.1. The van der Waals surface area contributed by atoms with Crippen LogP contribution < -0.4 is 0 Å². The maximum Gasteiger partial charge on any atom is 0.472 e. The van der Waals surface area contributed by atoms with Crippen LogP contribution in [0.15, 0.2) is 0 Å². The van der Waals surface area contributed by atoms with Crippen LogP contribution in [0.3, 0.4) is 0 Å². The number of phosphoric acid groups is 2. The van der Waals surface area contributed by atoms with Gasteiger partial charge < -0.3 is 33.8 Å². The number of esters is 4. The van der Waals surface area contributed by atoms with Crippen LogP contribution in [0.25, 0.3) is 0 Å². The van der Waals surface area contributed by atoms with E-state index in [2.05, 4.69) is 34.6 Å². The van der Waals surface area contributed by atoms with Crippen molar-refractivity contribution < 1.29 is 80.2 Å². The molecule has 94 heavy (non-hydrogen) atoms. The number of aliphatic hydroxyl groups excluding tert-OH is 1. The molecule has 0 spiro atoms. The molecule has 0 bridgehead atoms. The minimum absolute atomic E-state index is 0.107. The predicted octanol–water partition coefficient (Wildman–Crippen LogP) is 22.1. The SMILES string of the molecule is CCCCCCCCCCCCCCCCCC(=O)OC[C@H](COP(=O)(O)OC[C@@H](O)COP(=O)(O)OC[C@@H](COC(=O)CCCCCCCCCCC)OC(=O)CCCCCCCCCCCCC)OC(=O)CCCCCCCCCCCCCCCCCCC(C)C. The monoisotopic (exact) mass is 1380 g/mol. The molecule has 17 nitrogen and oxygen atoms in total. The fourth-order valence-corrected chi connectivity index (χ4v) is 13.1. The van der Waals surface area contributed by atoms with Crippen LogP contribution in [0, 0.1) is 5.92 Å². The highest BCUT2D eigenvalue weighted by Gasteiger charge is 2.30. The Bertz CT molecular complexity index is 1810. The zero-order chi connectivity index (χ0) is 69.1. The van der Waals surface area contributed by atoms with E-state index in [1.54, 1.807) is 0 Å². The van der Waals surface area contributed by atoms with Crippen molar-refractivity contribution in [3.8, 4) is 0 Å². The van der Waals surface area contributed by atoms with Gasteiger partial charge in [-0.05, 0) is 31.6 Å². The quantitative estimate of drug-likeness (QED) is 0.0222. The van der Waals surface area contributed by atoms with Gasteiger partial charge in [0.05, 0.1) is 26.4 Å². The van der Waals surface area contributed by atoms with Crippen LogP contribution in [-0.2, 0) is 65.4 Å². The third-order valence-corrected chi connectivity index (χ3v) is 19.4. The molecule has 0 saturated carbocycles. The van der Waals surface area contributed by atoms with Gasteiger partial charge in [0.1, 0.15) is 19.3 Å². The predicted molar refractivity (Wildman–Crippen MR) is 382 cm³/mol. The van der Waals surface area contributed by atoms with Gasteiger partial charge in [-0.2, -0.15) is 0 Å². The summed E-state index contributed by atoms with van der Waals surface area (Å²) in [4.78, 5) is 72.7. The smallest absolute Gasteiger partial charge is 0.462 e. The molecule has 0 aromatic heterocycles. The van der Waals surface area contributed by atoms with E-state index in [0.717, 1.165) is 95.8 Å². The Hall–Kier alpha value is -1.94. The van der Waals surface area contributed by atoms with Gasteiger partial charge in [0.15, 0.2) is 12.2 Å². The molecule has 558 valence electrons. The highest BCUT2D eigenvalue weighted by molar-refractivity contribution is 7.47. The number of unbranched alkanes of at least 4 members (excludes halogenated alkanes) is 47. The topological polar surface area (TPSA) is 237 Å². The first-order chi connectivity index (χ1) is 45.5. The first kappa shape index (κ1) is 92.1. The molecule has 19 heteroatoms. The summed E-state index contributed by atoms with van der Waals surface area (Å²) < 4.78 is 68.4. The molecule has 0 aromatic carbocycles. The standard InChI is InChI=1S/C75H146O17P2/c1-6-9-12-15-18-21-23-24-27-31-35-39-44-49-54-59-73(78)86-65-71(92-75(80)61-56-51-46-41-36-32-29-26-25-28-30-34-38-42-47-52-57-68(4)5)67-90-94(83,84)88-63-69(76)62-87-93(81,82)89-66-70(64-85-72(77)58-53-48-43-37-20-17-14-11-8-3)91-74(79)60-55-50-45-40-33-22-19-16-13-10-7-2/h68-71,76H,6-67H2,1-5H3,(H,81,82)(H,83,84)/t69-,70+,71+/m0/s1. The summed E-state index contributed by atoms with van der Waals surface area (Å²) in [6, 6.07) is 0. The van der Waals surface area contributed by atoms with Crippen LogP contribution >= 0.6 is 15.6 Å². The molecule has 0 heterocycles. The summed E-state index contributed by atoms with van der Waals surface area (Å²) in [5.74, 6) is -1.31. The van der Waals surface area contributed by atoms with E-state index in [1.807, 2.05) is 0 Å². The van der Waals surface area contributed by atoms with E-state index in [0.29, 0.717) is 25.7 Å². The summed E-state index contributed by atoms with van der Waals surface area (Å²) in [6.07, 6.45) is 56.8. The lowest BCUT2D eigenvalue weighted by atomic mass is 10.0. The lowest BCUT2D eigenvalue weighted by Crippen LogP contribution is -2.30. The van der Waals surface area contributed by atoms with Gasteiger partial charge in [0, 0.05) is 25.7 Å². The molecule has 0 aliphatic rings. The zero-order valence-corrected chi connectivity index (χ0v) is 62.9. The van der Waals surface area contributed by atoms with E-state index in [-0.39, 0.29) is 25.7 Å². The molecule has 0 aliphatic carbocycles. The minimum Gasteiger partial charge on any atom is -0.462 e. The Kier molecular flexibility index (Phi) is 66.8. The molecular formula is C75H146O17P2. The number of aliphatic hydroxyl groups is 1. The molecule has 5 atom stereocenters. The zero-order valence-electron chi connectivity index (χ0n) is 61.1. The molecule has 0 aliphatic heterocycles. The van der Waals surface area contributed by atoms with Crippen molar-refractivity contribution in [1.82, 2.24) is 0 Å². The molecule has 3 N–H and O–H groups in total. The Morgan fingerprint density at radius 1 is 0.287 bits per heavy atom. The van der Waals surface area contributed by atoms with Gasteiger partial charge in [0.25, 0.3) is 0 Å². The molecule has 0 saturated heterocycles. The Balaban J connectivity index is 5.21. The summed E-state index contributed by atoms with van der Waals surface area (Å²) in [5.41, 5.74) is 0. The van der Waals surface area contributed by atoms with Crippen LogP contribution in [0.1, 0.15) is 394 Å². The number of carbonyl (C=O) groups excluding carboxylic acids is 4. The summed E-state index contributed by atoms with van der Waals surface area (Å²) in [5, 5.41) is 10.6. The van der Waals surface area contributed by atoms with Gasteiger partial charge in [0.2, 0.25) is 0 Å². The number of carbonyl (C=O) groups is 4. The minimum atomic E-state index is -4.96.